The quantitative estimate of drug-likeness (QED) is 0.453. The average molecular weight is 403 g/mol. The summed E-state index contributed by atoms with van der Waals surface area (Å²) in [6, 6.07) is 22.0. The van der Waals surface area contributed by atoms with E-state index in [9.17, 15) is 4.79 Å². The van der Waals surface area contributed by atoms with Crippen molar-refractivity contribution >= 4 is 32.6 Å². The number of benzene rings is 3. The van der Waals surface area contributed by atoms with Gasteiger partial charge in [-0.25, -0.2) is 4.98 Å². The van der Waals surface area contributed by atoms with E-state index in [-0.39, 0.29) is 5.91 Å². The number of ether oxygens (including phenoxy) is 1. The van der Waals surface area contributed by atoms with Crippen LogP contribution in [0.2, 0.25) is 0 Å². The smallest absolute Gasteiger partial charge is 0.257 e. The predicted molar refractivity (Wildman–Crippen MR) is 119 cm³/mol. The molecule has 1 heterocycles. The van der Waals surface area contributed by atoms with Crippen molar-refractivity contribution in [2.24, 2.45) is 0 Å². The van der Waals surface area contributed by atoms with Crippen LogP contribution >= 0.6 is 11.3 Å². The van der Waals surface area contributed by atoms with E-state index in [0.29, 0.717) is 10.7 Å². The van der Waals surface area contributed by atoms with Crippen LogP contribution in [0.4, 0.5) is 5.13 Å². The molecule has 0 radical (unpaired) electrons. The highest BCUT2D eigenvalue weighted by molar-refractivity contribution is 7.22. The molecule has 146 valence electrons. The second-order valence-electron chi connectivity index (χ2n) is 6.99. The predicted octanol–water partition coefficient (Wildman–Crippen LogP) is 5.65. The summed E-state index contributed by atoms with van der Waals surface area (Å²) in [6.45, 7) is 2.05. The number of amides is 1. The first kappa shape index (κ1) is 19.2. The van der Waals surface area contributed by atoms with Crippen LogP contribution in [0.3, 0.4) is 0 Å². The maximum Gasteiger partial charge on any atom is 0.257 e. The summed E-state index contributed by atoms with van der Waals surface area (Å²) in [7, 11) is 1.68. The molecule has 0 saturated heterocycles. The lowest BCUT2D eigenvalue weighted by Crippen LogP contribution is -2.11. The second-order valence-corrected chi connectivity index (χ2v) is 8.02. The van der Waals surface area contributed by atoms with Crippen LogP contribution < -0.4 is 10.1 Å². The van der Waals surface area contributed by atoms with Crippen LogP contribution in [0.15, 0.2) is 66.7 Å². The number of nitrogens with zero attached hydrogens (tertiary/aromatic N) is 1. The highest BCUT2D eigenvalue weighted by Gasteiger charge is 2.10. The van der Waals surface area contributed by atoms with E-state index in [1.165, 1.54) is 28.0 Å². The summed E-state index contributed by atoms with van der Waals surface area (Å²) in [5.74, 6) is 0.736. The van der Waals surface area contributed by atoms with Crippen molar-refractivity contribution in [3.05, 3.63) is 89.0 Å². The first-order chi connectivity index (χ1) is 14.1. The fourth-order valence-corrected chi connectivity index (χ4v) is 4.15. The van der Waals surface area contributed by atoms with Gasteiger partial charge in [0.2, 0.25) is 0 Å². The van der Waals surface area contributed by atoms with Gasteiger partial charge in [-0.05, 0) is 72.9 Å². The third kappa shape index (κ3) is 4.63. The number of methoxy groups -OCH3 is 1. The summed E-state index contributed by atoms with van der Waals surface area (Å²) in [6.07, 6.45) is 1.83. The number of anilines is 1. The number of rotatable bonds is 6. The third-order valence-electron chi connectivity index (χ3n) is 4.82. The number of fused-ring (bicyclic) bond motifs is 1. The molecule has 0 aliphatic carbocycles. The van der Waals surface area contributed by atoms with E-state index in [0.717, 1.165) is 28.8 Å². The van der Waals surface area contributed by atoms with E-state index in [4.69, 9.17) is 4.74 Å². The summed E-state index contributed by atoms with van der Waals surface area (Å²) >= 11 is 1.49. The number of hydrogen-bond donors (Lipinski definition) is 1. The molecule has 1 aromatic heterocycles. The average Bonchev–Trinajstić information content (AvgIpc) is 3.14. The highest BCUT2D eigenvalue weighted by atomic mass is 32.1. The van der Waals surface area contributed by atoms with Crippen LogP contribution in [0.25, 0.3) is 10.2 Å². The van der Waals surface area contributed by atoms with E-state index >= 15 is 0 Å². The molecule has 1 amide bonds. The zero-order chi connectivity index (χ0) is 20.2. The second kappa shape index (κ2) is 8.45. The van der Waals surface area contributed by atoms with Gasteiger partial charge in [-0.15, -0.1) is 0 Å². The first-order valence-electron chi connectivity index (χ1n) is 9.51. The van der Waals surface area contributed by atoms with Crippen LogP contribution in [0.1, 0.15) is 27.0 Å². The Labute approximate surface area is 174 Å². The summed E-state index contributed by atoms with van der Waals surface area (Å²) < 4.78 is 6.35. The molecular formula is C24H22N2O2S. The van der Waals surface area contributed by atoms with Crippen molar-refractivity contribution in [2.75, 3.05) is 12.4 Å². The number of carbonyl (C=O) groups is 1. The molecule has 0 saturated carbocycles. The maximum atomic E-state index is 12.6. The number of hydrogen-bond acceptors (Lipinski definition) is 4. The van der Waals surface area contributed by atoms with Gasteiger partial charge < -0.3 is 4.74 Å². The van der Waals surface area contributed by atoms with Gasteiger partial charge in [-0.3, -0.25) is 10.1 Å². The minimum atomic E-state index is -0.139. The summed E-state index contributed by atoms with van der Waals surface area (Å²) in [5, 5.41) is 3.53. The van der Waals surface area contributed by atoms with Crippen LogP contribution in [-0.4, -0.2) is 18.0 Å². The van der Waals surface area contributed by atoms with Crippen molar-refractivity contribution in [1.29, 1.82) is 0 Å². The Hall–Kier alpha value is -3.18. The summed E-state index contributed by atoms with van der Waals surface area (Å²) in [5.41, 5.74) is 5.15. The lowest BCUT2D eigenvalue weighted by Gasteiger charge is -2.06. The Bertz CT molecular complexity index is 1150. The Kier molecular flexibility index (Phi) is 5.58. The van der Waals surface area contributed by atoms with E-state index in [2.05, 4.69) is 28.5 Å². The SMILES string of the molecule is COc1cccc(CCc2ccc(C(=O)Nc3nc4ccc(C)cc4s3)cc2)c1. The molecule has 3 aromatic carbocycles. The molecule has 0 aliphatic heterocycles. The van der Waals surface area contributed by atoms with Crippen LogP contribution in [0, 0.1) is 6.92 Å². The molecular weight excluding hydrogens is 380 g/mol. The minimum Gasteiger partial charge on any atom is -0.497 e. The molecule has 0 fully saturated rings. The Morgan fingerprint density at radius 1 is 1.00 bits per heavy atom. The number of aromatic nitrogens is 1. The van der Waals surface area contributed by atoms with Crippen molar-refractivity contribution in [3.8, 4) is 5.75 Å². The Balaban J connectivity index is 1.39. The number of carbonyl (C=O) groups excluding carboxylic acids is 1. The fraction of sp³-hybridized carbons (Fsp3) is 0.167. The maximum absolute atomic E-state index is 12.6. The molecule has 4 nitrogen and oxygen atoms in total. The zero-order valence-electron chi connectivity index (χ0n) is 16.4. The van der Waals surface area contributed by atoms with Gasteiger partial charge in [0.05, 0.1) is 17.3 Å². The van der Waals surface area contributed by atoms with Gasteiger partial charge in [0, 0.05) is 5.56 Å². The Morgan fingerprint density at radius 3 is 2.59 bits per heavy atom. The van der Waals surface area contributed by atoms with Crippen LogP contribution in [0.5, 0.6) is 5.75 Å². The number of thiazole rings is 1. The zero-order valence-corrected chi connectivity index (χ0v) is 17.3. The fourth-order valence-electron chi connectivity index (χ4n) is 3.19. The molecule has 0 aliphatic rings. The molecule has 4 rings (SSSR count). The normalized spacial score (nSPS) is 10.8. The van der Waals surface area contributed by atoms with Crippen molar-refractivity contribution in [1.82, 2.24) is 4.98 Å². The number of aryl methyl sites for hydroxylation is 3. The van der Waals surface area contributed by atoms with Gasteiger partial charge in [0.1, 0.15) is 5.75 Å². The molecule has 5 heteroatoms. The van der Waals surface area contributed by atoms with E-state index in [1.807, 2.05) is 55.5 Å². The monoisotopic (exact) mass is 402 g/mol. The van der Waals surface area contributed by atoms with Gasteiger partial charge in [-0.1, -0.05) is 41.7 Å². The first-order valence-corrected chi connectivity index (χ1v) is 10.3. The van der Waals surface area contributed by atoms with Crippen LogP contribution in [-0.2, 0) is 12.8 Å². The van der Waals surface area contributed by atoms with Gasteiger partial charge in [0.25, 0.3) is 5.91 Å². The molecule has 0 unspecified atom stereocenters. The van der Waals surface area contributed by atoms with Gasteiger partial charge >= 0.3 is 0 Å². The molecule has 0 atom stereocenters. The van der Waals surface area contributed by atoms with Gasteiger partial charge in [-0.2, -0.15) is 0 Å². The van der Waals surface area contributed by atoms with Crippen molar-refractivity contribution in [2.45, 2.75) is 19.8 Å². The molecule has 4 aromatic rings. The molecule has 1 N–H and O–H groups in total. The minimum absolute atomic E-state index is 0.139. The lowest BCUT2D eigenvalue weighted by atomic mass is 10.0. The molecule has 0 spiro atoms. The highest BCUT2D eigenvalue weighted by Crippen LogP contribution is 2.27. The Morgan fingerprint density at radius 2 is 1.79 bits per heavy atom. The topological polar surface area (TPSA) is 51.2 Å². The van der Waals surface area contributed by atoms with E-state index in [1.54, 1.807) is 7.11 Å². The van der Waals surface area contributed by atoms with Crippen molar-refractivity contribution < 1.29 is 9.53 Å². The van der Waals surface area contributed by atoms with Gasteiger partial charge in [0.15, 0.2) is 5.13 Å². The standard InChI is InChI=1S/C24H22N2O2S/c1-16-6-13-21-22(14-16)29-24(25-21)26-23(27)19-11-9-17(10-12-19)7-8-18-4-3-5-20(15-18)28-2/h3-6,9-15H,7-8H2,1-2H3,(H,25,26,27). The van der Waals surface area contributed by atoms with E-state index < -0.39 is 0 Å². The lowest BCUT2D eigenvalue weighted by molar-refractivity contribution is 0.102. The molecule has 29 heavy (non-hydrogen) atoms. The molecule has 0 bridgehead atoms. The largest absolute Gasteiger partial charge is 0.497 e. The third-order valence-corrected chi connectivity index (χ3v) is 5.75. The van der Waals surface area contributed by atoms with Crippen molar-refractivity contribution in [3.63, 3.8) is 0 Å². The summed E-state index contributed by atoms with van der Waals surface area (Å²) in [4.78, 5) is 17.1. The number of nitrogens with one attached hydrogen (secondary N) is 1.